The van der Waals surface area contributed by atoms with Crippen LogP contribution in [0.5, 0.6) is 0 Å². The van der Waals surface area contributed by atoms with Crippen LogP contribution in [0.4, 0.5) is 0 Å². The molecular formula is C11H20N2O3S. The lowest BCUT2D eigenvalue weighted by atomic mass is 9.96. The number of sulfone groups is 1. The summed E-state index contributed by atoms with van der Waals surface area (Å²) < 4.78 is 22.8. The Morgan fingerprint density at radius 3 is 2.41 bits per heavy atom. The van der Waals surface area contributed by atoms with Gasteiger partial charge in [0, 0.05) is 13.1 Å². The SMILES string of the molecule is CN(C(=O)C1(N)CCCC1)C1CCS(=O)(=O)C1. The molecule has 1 atom stereocenters. The molecule has 98 valence electrons. The molecule has 1 heterocycles. The summed E-state index contributed by atoms with van der Waals surface area (Å²) in [6, 6.07) is -0.187. The highest BCUT2D eigenvalue weighted by Gasteiger charge is 2.42. The first-order chi connectivity index (χ1) is 7.84. The number of carbonyl (C=O) groups excluding carboxylic acids is 1. The van der Waals surface area contributed by atoms with Gasteiger partial charge in [-0.2, -0.15) is 0 Å². The highest BCUT2D eigenvalue weighted by Crippen LogP contribution is 2.30. The van der Waals surface area contributed by atoms with Crippen LogP contribution in [-0.2, 0) is 14.6 Å². The summed E-state index contributed by atoms with van der Waals surface area (Å²) in [5, 5.41) is 0. The Balaban J connectivity index is 2.05. The van der Waals surface area contributed by atoms with Gasteiger partial charge in [-0.3, -0.25) is 4.79 Å². The fourth-order valence-corrected chi connectivity index (χ4v) is 4.59. The predicted octanol–water partition coefficient (Wildman–Crippen LogP) is -0.0966. The summed E-state index contributed by atoms with van der Waals surface area (Å²) in [7, 11) is -1.27. The zero-order valence-corrected chi connectivity index (χ0v) is 11.0. The van der Waals surface area contributed by atoms with Crippen LogP contribution < -0.4 is 5.73 Å². The van der Waals surface area contributed by atoms with Crippen molar-refractivity contribution in [3.8, 4) is 0 Å². The Morgan fingerprint density at radius 2 is 1.94 bits per heavy atom. The fourth-order valence-electron chi connectivity index (χ4n) is 2.82. The van der Waals surface area contributed by atoms with Crippen LogP contribution in [0.3, 0.4) is 0 Å². The molecular weight excluding hydrogens is 240 g/mol. The van der Waals surface area contributed by atoms with Crippen molar-refractivity contribution < 1.29 is 13.2 Å². The Kier molecular flexibility index (Phi) is 3.20. The second-order valence-electron chi connectivity index (χ2n) is 5.34. The van der Waals surface area contributed by atoms with Gasteiger partial charge in [0.1, 0.15) is 0 Å². The molecule has 2 N–H and O–H groups in total. The Labute approximate surface area is 102 Å². The molecule has 1 saturated heterocycles. The van der Waals surface area contributed by atoms with E-state index in [1.54, 1.807) is 11.9 Å². The summed E-state index contributed by atoms with van der Waals surface area (Å²) in [6.45, 7) is 0. The molecule has 1 saturated carbocycles. The third-order valence-electron chi connectivity index (χ3n) is 4.00. The highest BCUT2D eigenvalue weighted by molar-refractivity contribution is 7.91. The third kappa shape index (κ3) is 2.47. The number of rotatable bonds is 2. The van der Waals surface area contributed by atoms with Crippen LogP contribution in [0.2, 0.25) is 0 Å². The van der Waals surface area contributed by atoms with Gasteiger partial charge >= 0.3 is 0 Å². The van der Waals surface area contributed by atoms with Crippen LogP contribution in [0, 0.1) is 0 Å². The third-order valence-corrected chi connectivity index (χ3v) is 5.75. The second kappa shape index (κ2) is 4.24. The smallest absolute Gasteiger partial charge is 0.242 e. The number of hydrogen-bond donors (Lipinski definition) is 1. The van der Waals surface area contributed by atoms with Crippen molar-refractivity contribution in [2.24, 2.45) is 5.73 Å². The van der Waals surface area contributed by atoms with Crippen molar-refractivity contribution in [1.82, 2.24) is 4.90 Å². The zero-order chi connectivity index (χ0) is 12.7. The molecule has 1 aliphatic heterocycles. The number of nitrogens with zero attached hydrogens (tertiary/aromatic N) is 1. The van der Waals surface area contributed by atoms with Gasteiger partial charge in [0.15, 0.2) is 9.84 Å². The van der Waals surface area contributed by atoms with E-state index in [-0.39, 0.29) is 23.5 Å². The van der Waals surface area contributed by atoms with Gasteiger partial charge in [0.2, 0.25) is 5.91 Å². The highest BCUT2D eigenvalue weighted by atomic mass is 32.2. The van der Waals surface area contributed by atoms with Crippen molar-refractivity contribution in [1.29, 1.82) is 0 Å². The monoisotopic (exact) mass is 260 g/mol. The average Bonchev–Trinajstić information content (AvgIpc) is 2.83. The molecule has 0 spiro atoms. The van der Waals surface area contributed by atoms with Crippen LogP contribution >= 0.6 is 0 Å². The fraction of sp³-hybridized carbons (Fsp3) is 0.909. The minimum atomic E-state index is -2.95. The van der Waals surface area contributed by atoms with Crippen LogP contribution in [0.1, 0.15) is 32.1 Å². The molecule has 5 nitrogen and oxygen atoms in total. The Bertz CT molecular complexity index is 412. The van der Waals surface area contributed by atoms with Crippen molar-refractivity contribution in [3.63, 3.8) is 0 Å². The van der Waals surface area contributed by atoms with Crippen molar-refractivity contribution in [2.45, 2.75) is 43.7 Å². The van der Waals surface area contributed by atoms with E-state index < -0.39 is 15.4 Å². The maximum absolute atomic E-state index is 12.3. The van der Waals surface area contributed by atoms with Gasteiger partial charge in [-0.15, -0.1) is 0 Å². The van der Waals surface area contributed by atoms with Gasteiger partial charge in [-0.25, -0.2) is 8.42 Å². The van der Waals surface area contributed by atoms with Gasteiger partial charge < -0.3 is 10.6 Å². The van der Waals surface area contributed by atoms with Crippen molar-refractivity contribution in [2.75, 3.05) is 18.6 Å². The molecule has 2 rings (SSSR count). The summed E-state index contributed by atoms with van der Waals surface area (Å²) in [4.78, 5) is 13.8. The van der Waals surface area contributed by atoms with Crippen molar-refractivity contribution >= 4 is 15.7 Å². The number of carbonyl (C=O) groups is 1. The summed E-state index contributed by atoms with van der Waals surface area (Å²) >= 11 is 0. The Hall–Kier alpha value is -0.620. The van der Waals surface area contributed by atoms with E-state index in [0.717, 1.165) is 25.7 Å². The molecule has 1 amide bonds. The lowest BCUT2D eigenvalue weighted by Gasteiger charge is -2.32. The first kappa shape index (κ1) is 12.8. The van der Waals surface area contributed by atoms with Gasteiger partial charge in [0.25, 0.3) is 0 Å². The molecule has 0 aromatic rings. The Morgan fingerprint density at radius 1 is 1.35 bits per heavy atom. The molecule has 2 fully saturated rings. The normalized spacial score (nSPS) is 30.4. The molecule has 17 heavy (non-hydrogen) atoms. The van der Waals surface area contributed by atoms with Gasteiger partial charge in [-0.05, 0) is 19.3 Å². The zero-order valence-electron chi connectivity index (χ0n) is 10.2. The van der Waals surface area contributed by atoms with E-state index in [2.05, 4.69) is 0 Å². The molecule has 0 radical (unpaired) electrons. The van der Waals surface area contributed by atoms with E-state index >= 15 is 0 Å². The molecule has 6 heteroatoms. The van der Waals surface area contributed by atoms with E-state index in [4.69, 9.17) is 5.73 Å². The first-order valence-electron chi connectivity index (χ1n) is 6.11. The molecule has 1 unspecified atom stereocenters. The van der Waals surface area contributed by atoms with E-state index in [1.807, 2.05) is 0 Å². The van der Waals surface area contributed by atoms with Crippen LogP contribution in [-0.4, -0.2) is 49.4 Å². The molecule has 0 aromatic heterocycles. The number of likely N-dealkylation sites (N-methyl/N-ethyl adjacent to an activating group) is 1. The largest absolute Gasteiger partial charge is 0.340 e. The van der Waals surface area contributed by atoms with E-state index in [9.17, 15) is 13.2 Å². The standard InChI is InChI=1S/C11H20N2O3S/c1-13(9-4-7-17(15,16)8-9)10(14)11(12)5-2-3-6-11/h9H,2-8,12H2,1H3. The maximum atomic E-state index is 12.3. The predicted molar refractivity (Wildman–Crippen MR) is 65.2 cm³/mol. The first-order valence-corrected chi connectivity index (χ1v) is 7.93. The summed E-state index contributed by atoms with van der Waals surface area (Å²) in [5.74, 6) is 0.190. The van der Waals surface area contributed by atoms with Gasteiger partial charge in [-0.1, -0.05) is 12.8 Å². The number of hydrogen-bond acceptors (Lipinski definition) is 4. The average molecular weight is 260 g/mol. The number of nitrogens with two attached hydrogens (primary N) is 1. The van der Waals surface area contributed by atoms with Gasteiger partial charge in [0.05, 0.1) is 17.0 Å². The topological polar surface area (TPSA) is 80.5 Å². The summed E-state index contributed by atoms with van der Waals surface area (Å²) in [5.41, 5.74) is 5.35. The molecule has 2 aliphatic rings. The van der Waals surface area contributed by atoms with Crippen LogP contribution in [0.15, 0.2) is 0 Å². The molecule has 1 aliphatic carbocycles. The molecule has 0 aromatic carbocycles. The van der Waals surface area contributed by atoms with E-state index in [0.29, 0.717) is 6.42 Å². The second-order valence-corrected chi connectivity index (χ2v) is 7.56. The number of amides is 1. The lowest BCUT2D eigenvalue weighted by Crippen LogP contribution is -2.55. The van der Waals surface area contributed by atoms with Crippen molar-refractivity contribution in [3.05, 3.63) is 0 Å². The maximum Gasteiger partial charge on any atom is 0.242 e. The molecule has 0 bridgehead atoms. The minimum absolute atomic E-state index is 0.0860. The quantitative estimate of drug-likeness (QED) is 0.752. The van der Waals surface area contributed by atoms with Crippen LogP contribution in [0.25, 0.3) is 0 Å². The minimum Gasteiger partial charge on any atom is -0.340 e. The summed E-state index contributed by atoms with van der Waals surface area (Å²) in [6.07, 6.45) is 3.95. The van der Waals surface area contributed by atoms with E-state index in [1.165, 1.54) is 0 Å². The lowest BCUT2D eigenvalue weighted by molar-refractivity contribution is -0.137.